The van der Waals surface area contributed by atoms with Gasteiger partial charge in [0.2, 0.25) is 0 Å². The van der Waals surface area contributed by atoms with Crippen LogP contribution in [-0.2, 0) is 16.7 Å². The molecule has 0 heterocycles. The van der Waals surface area contributed by atoms with Gasteiger partial charge in [-0.2, -0.15) is 8.42 Å². The van der Waals surface area contributed by atoms with E-state index in [0.29, 0.717) is 11.4 Å². The summed E-state index contributed by atoms with van der Waals surface area (Å²) in [4.78, 5) is 14.6. The summed E-state index contributed by atoms with van der Waals surface area (Å²) in [5, 5.41) is 2.89. The molecule has 0 aliphatic heterocycles. The second-order valence-electron chi connectivity index (χ2n) is 6.59. The van der Waals surface area contributed by atoms with E-state index in [4.69, 9.17) is 8.92 Å². The van der Waals surface area contributed by atoms with Crippen LogP contribution < -0.4 is 14.2 Å². The molecule has 2 amide bonds. The molecule has 0 fully saturated rings. The largest absolute Gasteiger partial charge is 0.493 e. The molecule has 0 radical (unpaired) electrons. The lowest BCUT2D eigenvalue weighted by atomic mass is 10.1. The first kappa shape index (κ1) is 23.0. The number of methoxy groups -OCH3 is 1. The maximum absolute atomic E-state index is 12.9. The van der Waals surface area contributed by atoms with Gasteiger partial charge in [-0.05, 0) is 55.3 Å². The molecule has 9 heteroatoms. The number of hydrogen-bond donors (Lipinski definition) is 1. The monoisotopic (exact) mass is 484 g/mol. The molecular weight excluding hydrogens is 460 g/mol. The van der Waals surface area contributed by atoms with Gasteiger partial charge in [0.05, 0.1) is 13.4 Å². The van der Waals surface area contributed by atoms with Gasteiger partial charge in [0.1, 0.15) is 0 Å². The van der Waals surface area contributed by atoms with Crippen molar-refractivity contribution in [3.05, 3.63) is 52.5 Å². The van der Waals surface area contributed by atoms with E-state index in [2.05, 4.69) is 21.2 Å². The molecule has 2 rings (SSSR count). The van der Waals surface area contributed by atoms with Crippen LogP contribution in [0.15, 0.2) is 46.9 Å². The predicted molar refractivity (Wildman–Crippen MR) is 117 cm³/mol. The van der Waals surface area contributed by atoms with Crippen LogP contribution in [0.4, 0.5) is 10.5 Å². The van der Waals surface area contributed by atoms with Crippen LogP contribution in [0.5, 0.6) is 11.5 Å². The molecule has 1 atom stereocenters. The van der Waals surface area contributed by atoms with E-state index in [9.17, 15) is 13.2 Å². The van der Waals surface area contributed by atoms with E-state index < -0.39 is 10.1 Å². The van der Waals surface area contributed by atoms with Gasteiger partial charge in [-0.15, -0.1) is 0 Å². The van der Waals surface area contributed by atoms with Crippen molar-refractivity contribution in [3.63, 3.8) is 0 Å². The fourth-order valence-electron chi connectivity index (χ4n) is 2.62. The number of carbonyl (C=O) groups excluding carboxylic acids is 1. The number of hydrogen-bond acceptors (Lipinski definition) is 5. The topological polar surface area (TPSA) is 84.9 Å². The minimum atomic E-state index is -3.71. The van der Waals surface area contributed by atoms with E-state index in [1.54, 1.807) is 23.1 Å². The van der Waals surface area contributed by atoms with Crippen molar-refractivity contribution in [2.75, 3.05) is 18.7 Å². The Kier molecular flexibility index (Phi) is 7.92. The minimum absolute atomic E-state index is 0.0353. The van der Waals surface area contributed by atoms with Crippen molar-refractivity contribution < 1.29 is 22.1 Å². The summed E-state index contributed by atoms with van der Waals surface area (Å²) < 4.78 is 34.2. The molecule has 1 unspecified atom stereocenters. The number of carbonyl (C=O) groups is 1. The second kappa shape index (κ2) is 9.98. The Morgan fingerprint density at radius 3 is 2.38 bits per heavy atom. The summed E-state index contributed by atoms with van der Waals surface area (Å²) in [6.07, 6.45) is 1.73. The van der Waals surface area contributed by atoms with Crippen molar-refractivity contribution in [2.45, 2.75) is 32.9 Å². The number of anilines is 1. The highest BCUT2D eigenvalue weighted by Gasteiger charge is 2.21. The maximum Gasteiger partial charge on any atom is 0.322 e. The Morgan fingerprint density at radius 2 is 1.83 bits per heavy atom. The highest BCUT2D eigenvalue weighted by atomic mass is 79.9. The van der Waals surface area contributed by atoms with Crippen LogP contribution in [0.2, 0.25) is 0 Å². The molecule has 0 aliphatic rings. The zero-order valence-electron chi connectivity index (χ0n) is 16.8. The smallest absolute Gasteiger partial charge is 0.322 e. The molecule has 0 spiro atoms. The van der Waals surface area contributed by atoms with Crippen molar-refractivity contribution in [1.29, 1.82) is 0 Å². The molecule has 29 heavy (non-hydrogen) atoms. The zero-order chi connectivity index (χ0) is 21.6. The Morgan fingerprint density at radius 1 is 1.17 bits per heavy atom. The number of urea groups is 1. The highest BCUT2D eigenvalue weighted by Crippen LogP contribution is 2.30. The molecule has 0 aliphatic carbocycles. The molecule has 2 aromatic carbocycles. The van der Waals surface area contributed by atoms with Gasteiger partial charge in [-0.25, -0.2) is 4.79 Å². The number of amides is 2. The summed E-state index contributed by atoms with van der Waals surface area (Å²) in [6, 6.07) is 12.0. The Hall–Kier alpha value is -2.26. The van der Waals surface area contributed by atoms with Crippen LogP contribution in [0.3, 0.4) is 0 Å². The third kappa shape index (κ3) is 6.93. The van der Waals surface area contributed by atoms with Crippen molar-refractivity contribution in [2.24, 2.45) is 0 Å². The van der Waals surface area contributed by atoms with Gasteiger partial charge < -0.3 is 19.1 Å². The van der Waals surface area contributed by atoms with Crippen molar-refractivity contribution in [1.82, 2.24) is 4.90 Å². The number of nitrogens with zero attached hydrogens (tertiary/aromatic N) is 1. The Bertz CT molecular complexity index is 948. The Labute approximate surface area is 180 Å². The van der Waals surface area contributed by atoms with Crippen LogP contribution in [-0.4, -0.2) is 38.8 Å². The van der Waals surface area contributed by atoms with E-state index in [-0.39, 0.29) is 24.4 Å². The van der Waals surface area contributed by atoms with Crippen LogP contribution >= 0.6 is 15.9 Å². The molecule has 0 saturated heterocycles. The predicted octanol–water partition coefficient (Wildman–Crippen LogP) is 4.63. The zero-order valence-corrected chi connectivity index (χ0v) is 19.2. The molecule has 158 valence electrons. The van der Waals surface area contributed by atoms with Crippen LogP contribution in [0.25, 0.3) is 0 Å². The van der Waals surface area contributed by atoms with E-state index in [1.807, 2.05) is 38.1 Å². The summed E-state index contributed by atoms with van der Waals surface area (Å²) in [7, 11) is -2.28. The average Bonchev–Trinajstić information content (AvgIpc) is 2.66. The van der Waals surface area contributed by atoms with Gasteiger partial charge in [0.25, 0.3) is 0 Å². The van der Waals surface area contributed by atoms with Crippen LogP contribution in [0, 0.1) is 0 Å². The van der Waals surface area contributed by atoms with Gasteiger partial charge in [-0.1, -0.05) is 28.9 Å². The van der Waals surface area contributed by atoms with Gasteiger partial charge in [-0.3, -0.25) is 0 Å². The number of benzene rings is 2. The number of nitrogens with one attached hydrogen (secondary N) is 1. The van der Waals surface area contributed by atoms with Crippen LogP contribution in [0.1, 0.15) is 25.8 Å². The highest BCUT2D eigenvalue weighted by molar-refractivity contribution is 9.10. The lowest BCUT2D eigenvalue weighted by molar-refractivity contribution is 0.187. The van der Waals surface area contributed by atoms with E-state index in [0.717, 1.165) is 22.7 Å². The lowest BCUT2D eigenvalue weighted by Gasteiger charge is -2.29. The SMILES string of the molecule is CCC(C)N(Cc1ccc(OC)c(OS(C)(=O)=O)c1)C(=O)Nc1ccc(Br)cc1. The van der Waals surface area contributed by atoms with Gasteiger partial charge in [0.15, 0.2) is 11.5 Å². The molecule has 1 N–H and O–H groups in total. The van der Waals surface area contributed by atoms with E-state index >= 15 is 0 Å². The molecular formula is C20H25BrN2O5S. The third-order valence-corrected chi connectivity index (χ3v) is 5.31. The van der Waals surface area contributed by atoms with E-state index in [1.165, 1.54) is 7.11 Å². The fourth-order valence-corrected chi connectivity index (χ4v) is 3.34. The number of rotatable bonds is 8. The number of ether oxygens (including phenoxy) is 1. The van der Waals surface area contributed by atoms with Gasteiger partial charge in [0, 0.05) is 22.7 Å². The first-order chi connectivity index (χ1) is 13.6. The number of halogens is 1. The molecule has 0 aromatic heterocycles. The normalized spacial score (nSPS) is 12.2. The first-order valence-corrected chi connectivity index (χ1v) is 11.6. The third-order valence-electron chi connectivity index (χ3n) is 4.30. The summed E-state index contributed by atoms with van der Waals surface area (Å²) in [5.41, 5.74) is 1.40. The summed E-state index contributed by atoms with van der Waals surface area (Å²) in [5.74, 6) is 0.387. The first-order valence-electron chi connectivity index (χ1n) is 9.02. The van der Waals surface area contributed by atoms with Crippen molar-refractivity contribution >= 4 is 37.8 Å². The summed E-state index contributed by atoms with van der Waals surface area (Å²) in [6.45, 7) is 4.23. The Balaban J connectivity index is 2.26. The quantitative estimate of drug-likeness (QED) is 0.552. The van der Waals surface area contributed by atoms with Gasteiger partial charge >= 0.3 is 16.1 Å². The maximum atomic E-state index is 12.9. The molecule has 0 saturated carbocycles. The average molecular weight is 485 g/mol. The summed E-state index contributed by atoms with van der Waals surface area (Å²) >= 11 is 3.37. The standard InChI is InChI=1S/C20H25BrN2O5S/c1-5-14(2)23(20(24)22-17-9-7-16(21)8-10-17)13-15-6-11-18(27-3)19(12-15)28-29(4,25)26/h6-12,14H,5,13H2,1-4H3,(H,22,24). The second-order valence-corrected chi connectivity index (χ2v) is 9.09. The van der Waals surface area contributed by atoms with Crippen molar-refractivity contribution in [3.8, 4) is 11.5 Å². The molecule has 2 aromatic rings. The lowest BCUT2D eigenvalue weighted by Crippen LogP contribution is -2.40. The minimum Gasteiger partial charge on any atom is -0.493 e. The molecule has 0 bridgehead atoms. The molecule has 7 nitrogen and oxygen atoms in total. The fraction of sp³-hybridized carbons (Fsp3) is 0.350.